The standard InChI is InChI=1S/C13H15NOS.ClH/c1-15-13-8-11-10-5-7-14-6-4-9(10)2-3-12(11)16-13;/h2-3,8,14H,4-7H2,1H3;1H. The van der Waals surface area contributed by atoms with Gasteiger partial charge in [0.2, 0.25) is 0 Å². The van der Waals surface area contributed by atoms with Gasteiger partial charge in [0.1, 0.15) is 0 Å². The molecule has 0 saturated carbocycles. The first kappa shape index (κ1) is 12.7. The highest BCUT2D eigenvalue weighted by Gasteiger charge is 2.13. The largest absolute Gasteiger partial charge is 0.487 e. The minimum atomic E-state index is 0. The first-order valence-electron chi connectivity index (χ1n) is 5.67. The van der Waals surface area contributed by atoms with Crippen LogP contribution in [0, 0.1) is 0 Å². The highest BCUT2D eigenvalue weighted by molar-refractivity contribution is 7.20. The van der Waals surface area contributed by atoms with E-state index >= 15 is 0 Å². The molecule has 2 nitrogen and oxygen atoms in total. The summed E-state index contributed by atoms with van der Waals surface area (Å²) in [6.07, 6.45) is 2.27. The van der Waals surface area contributed by atoms with Crippen LogP contribution in [0.2, 0.25) is 0 Å². The van der Waals surface area contributed by atoms with Crippen LogP contribution < -0.4 is 10.1 Å². The van der Waals surface area contributed by atoms with Gasteiger partial charge >= 0.3 is 0 Å². The molecule has 92 valence electrons. The van der Waals surface area contributed by atoms with E-state index in [4.69, 9.17) is 4.74 Å². The van der Waals surface area contributed by atoms with Crippen LogP contribution in [0.3, 0.4) is 0 Å². The number of hydrogen-bond donors (Lipinski definition) is 1. The van der Waals surface area contributed by atoms with Crippen molar-refractivity contribution in [3.05, 3.63) is 29.3 Å². The second kappa shape index (κ2) is 5.25. The average molecular weight is 270 g/mol. The highest BCUT2D eigenvalue weighted by Crippen LogP contribution is 2.35. The molecule has 1 aliphatic rings. The summed E-state index contributed by atoms with van der Waals surface area (Å²) in [7, 11) is 1.74. The van der Waals surface area contributed by atoms with Gasteiger partial charge in [-0.05, 0) is 54.6 Å². The summed E-state index contributed by atoms with van der Waals surface area (Å²) in [6.45, 7) is 2.18. The molecule has 0 fully saturated rings. The van der Waals surface area contributed by atoms with Gasteiger partial charge in [-0.25, -0.2) is 0 Å². The van der Waals surface area contributed by atoms with E-state index in [0.29, 0.717) is 0 Å². The Labute approximate surface area is 111 Å². The third-order valence-electron chi connectivity index (χ3n) is 3.21. The van der Waals surface area contributed by atoms with E-state index in [1.54, 1.807) is 18.4 Å². The highest BCUT2D eigenvalue weighted by atomic mass is 35.5. The molecule has 4 heteroatoms. The topological polar surface area (TPSA) is 21.3 Å². The lowest BCUT2D eigenvalue weighted by Gasteiger charge is -2.05. The molecule has 0 bridgehead atoms. The van der Waals surface area contributed by atoms with Crippen LogP contribution in [0.1, 0.15) is 11.1 Å². The second-order valence-electron chi connectivity index (χ2n) is 4.13. The summed E-state index contributed by atoms with van der Waals surface area (Å²) in [5.41, 5.74) is 3.01. The van der Waals surface area contributed by atoms with Gasteiger partial charge in [-0.2, -0.15) is 0 Å². The van der Waals surface area contributed by atoms with Crippen LogP contribution in [-0.4, -0.2) is 20.2 Å². The maximum atomic E-state index is 5.32. The van der Waals surface area contributed by atoms with E-state index in [0.717, 1.165) is 31.0 Å². The molecular formula is C13H16ClNOS. The first-order chi connectivity index (χ1) is 7.88. The van der Waals surface area contributed by atoms with E-state index in [9.17, 15) is 0 Å². The van der Waals surface area contributed by atoms with Gasteiger partial charge in [-0.3, -0.25) is 0 Å². The average Bonchev–Trinajstić information content (AvgIpc) is 2.59. The molecule has 0 atom stereocenters. The van der Waals surface area contributed by atoms with Gasteiger partial charge in [0, 0.05) is 4.70 Å². The van der Waals surface area contributed by atoms with Crippen molar-refractivity contribution in [3.63, 3.8) is 0 Å². The fourth-order valence-corrected chi connectivity index (χ4v) is 3.29. The van der Waals surface area contributed by atoms with Crippen LogP contribution in [-0.2, 0) is 12.8 Å². The van der Waals surface area contributed by atoms with E-state index in [-0.39, 0.29) is 12.4 Å². The van der Waals surface area contributed by atoms with Crippen molar-refractivity contribution >= 4 is 33.8 Å². The zero-order valence-corrected chi connectivity index (χ0v) is 11.4. The summed E-state index contributed by atoms with van der Waals surface area (Å²) in [5, 5.41) is 5.86. The maximum Gasteiger partial charge on any atom is 0.174 e. The number of benzene rings is 1. The zero-order chi connectivity index (χ0) is 11.0. The molecule has 1 aromatic carbocycles. The van der Waals surface area contributed by atoms with Crippen molar-refractivity contribution in [2.24, 2.45) is 0 Å². The lowest BCUT2D eigenvalue weighted by molar-refractivity contribution is 0.427. The van der Waals surface area contributed by atoms with Crippen molar-refractivity contribution < 1.29 is 4.74 Å². The summed E-state index contributed by atoms with van der Waals surface area (Å²) >= 11 is 1.73. The molecule has 3 rings (SSSR count). The van der Waals surface area contributed by atoms with Crippen LogP contribution in [0.4, 0.5) is 0 Å². The third-order valence-corrected chi connectivity index (χ3v) is 4.27. The predicted octanol–water partition coefficient (Wildman–Crippen LogP) is 3.02. The molecule has 0 amide bonds. The molecule has 0 unspecified atom stereocenters. The molecule has 1 N–H and O–H groups in total. The number of fused-ring (bicyclic) bond motifs is 3. The van der Waals surface area contributed by atoms with Crippen molar-refractivity contribution in [2.45, 2.75) is 12.8 Å². The lowest BCUT2D eigenvalue weighted by atomic mass is 9.99. The number of thiophene rings is 1. The molecule has 2 heterocycles. The van der Waals surface area contributed by atoms with Gasteiger partial charge in [0.15, 0.2) is 5.06 Å². The third kappa shape index (κ3) is 2.28. The normalized spacial score (nSPS) is 14.9. The fourth-order valence-electron chi connectivity index (χ4n) is 2.38. The lowest BCUT2D eigenvalue weighted by Crippen LogP contribution is -2.16. The Bertz CT molecular complexity index is 523. The van der Waals surface area contributed by atoms with Gasteiger partial charge < -0.3 is 10.1 Å². The Morgan fingerprint density at radius 3 is 2.88 bits per heavy atom. The summed E-state index contributed by atoms with van der Waals surface area (Å²) < 4.78 is 6.67. The zero-order valence-electron chi connectivity index (χ0n) is 9.79. The first-order valence-corrected chi connectivity index (χ1v) is 6.49. The summed E-state index contributed by atoms with van der Waals surface area (Å²) in [6, 6.07) is 6.69. The number of rotatable bonds is 1. The molecule has 1 aliphatic heterocycles. The predicted molar refractivity (Wildman–Crippen MR) is 75.9 cm³/mol. The Kier molecular flexibility index (Phi) is 3.92. The van der Waals surface area contributed by atoms with Crippen LogP contribution >= 0.6 is 23.7 Å². The Morgan fingerprint density at radius 2 is 2.06 bits per heavy atom. The fraction of sp³-hybridized carbons (Fsp3) is 0.385. The molecule has 0 aliphatic carbocycles. The molecule has 2 aromatic rings. The molecule has 0 spiro atoms. The smallest absolute Gasteiger partial charge is 0.174 e. The Balaban J connectivity index is 0.00000108. The van der Waals surface area contributed by atoms with Gasteiger partial charge in [0.25, 0.3) is 0 Å². The number of nitrogens with one attached hydrogen (secondary N) is 1. The molecular weight excluding hydrogens is 254 g/mol. The Hall–Kier alpha value is -0.770. The van der Waals surface area contributed by atoms with E-state index in [2.05, 4.69) is 23.5 Å². The van der Waals surface area contributed by atoms with Crippen molar-refractivity contribution in [3.8, 4) is 5.06 Å². The summed E-state index contributed by atoms with van der Waals surface area (Å²) in [5.74, 6) is 0. The van der Waals surface area contributed by atoms with E-state index < -0.39 is 0 Å². The molecule has 0 saturated heterocycles. The van der Waals surface area contributed by atoms with Crippen molar-refractivity contribution in [1.82, 2.24) is 5.32 Å². The monoisotopic (exact) mass is 269 g/mol. The molecule has 1 aromatic heterocycles. The summed E-state index contributed by atoms with van der Waals surface area (Å²) in [4.78, 5) is 0. The molecule has 0 radical (unpaired) electrons. The van der Waals surface area contributed by atoms with Crippen LogP contribution in [0.5, 0.6) is 5.06 Å². The minimum Gasteiger partial charge on any atom is -0.487 e. The molecule has 17 heavy (non-hydrogen) atoms. The van der Waals surface area contributed by atoms with Crippen molar-refractivity contribution in [2.75, 3.05) is 20.2 Å². The van der Waals surface area contributed by atoms with Gasteiger partial charge in [-0.1, -0.05) is 17.4 Å². The second-order valence-corrected chi connectivity index (χ2v) is 5.18. The van der Waals surface area contributed by atoms with Gasteiger partial charge in [-0.15, -0.1) is 12.4 Å². The maximum absolute atomic E-state index is 5.32. The van der Waals surface area contributed by atoms with Crippen molar-refractivity contribution in [1.29, 1.82) is 0 Å². The number of hydrogen-bond acceptors (Lipinski definition) is 3. The Morgan fingerprint density at radius 1 is 1.24 bits per heavy atom. The number of halogens is 1. The van der Waals surface area contributed by atoms with Crippen LogP contribution in [0.15, 0.2) is 18.2 Å². The SMILES string of the molecule is COc1cc2c3c(ccc2s1)CCNCC3.Cl. The van der Waals surface area contributed by atoms with E-state index in [1.165, 1.54) is 21.2 Å². The van der Waals surface area contributed by atoms with Gasteiger partial charge in [0.05, 0.1) is 7.11 Å². The number of ether oxygens (including phenoxy) is 1. The van der Waals surface area contributed by atoms with E-state index in [1.807, 2.05) is 0 Å². The quantitative estimate of drug-likeness (QED) is 0.859. The van der Waals surface area contributed by atoms with Crippen LogP contribution in [0.25, 0.3) is 10.1 Å². The minimum absolute atomic E-state index is 0. The number of methoxy groups -OCH3 is 1.